The lowest BCUT2D eigenvalue weighted by Gasteiger charge is -2.35. The highest BCUT2D eigenvalue weighted by Crippen LogP contribution is 2.32. The van der Waals surface area contributed by atoms with Crippen molar-refractivity contribution in [2.45, 2.75) is 52.7 Å². The van der Waals surface area contributed by atoms with Gasteiger partial charge < -0.3 is 19.8 Å². The Labute approximate surface area is 187 Å². The average Bonchev–Trinajstić information content (AvgIpc) is 3.28. The molecule has 2 aromatic rings. The predicted molar refractivity (Wildman–Crippen MR) is 120 cm³/mol. The van der Waals surface area contributed by atoms with E-state index >= 15 is 0 Å². The summed E-state index contributed by atoms with van der Waals surface area (Å²) in [5.41, 5.74) is 2.27. The van der Waals surface area contributed by atoms with E-state index in [-0.39, 0.29) is 23.8 Å². The molecular weight excluding hydrogens is 410 g/mol. The number of rotatable bonds is 8. The van der Waals surface area contributed by atoms with Crippen molar-refractivity contribution in [3.63, 3.8) is 0 Å². The molecule has 0 bridgehead atoms. The van der Waals surface area contributed by atoms with E-state index in [9.17, 15) is 14.4 Å². The van der Waals surface area contributed by atoms with E-state index in [2.05, 4.69) is 10.6 Å². The zero-order valence-corrected chi connectivity index (χ0v) is 18.8. The van der Waals surface area contributed by atoms with Crippen molar-refractivity contribution in [3.8, 4) is 0 Å². The minimum atomic E-state index is -0.651. The van der Waals surface area contributed by atoms with Gasteiger partial charge in [-0.1, -0.05) is 25.5 Å². The van der Waals surface area contributed by atoms with Crippen molar-refractivity contribution in [2.75, 3.05) is 11.9 Å². The molecule has 1 aromatic heterocycles. The first-order chi connectivity index (χ1) is 15.3. The molecule has 1 aromatic carbocycles. The molecular formula is C24H29N3O5. The quantitative estimate of drug-likeness (QED) is 0.584. The van der Waals surface area contributed by atoms with Crippen molar-refractivity contribution < 1.29 is 23.5 Å². The summed E-state index contributed by atoms with van der Waals surface area (Å²) in [6.07, 6.45) is 2.90. The third-order valence-corrected chi connectivity index (χ3v) is 5.14. The monoisotopic (exact) mass is 439 g/mol. The maximum atomic E-state index is 12.9. The molecule has 2 N–H and O–H groups in total. The van der Waals surface area contributed by atoms with Gasteiger partial charge in [0.15, 0.2) is 5.76 Å². The summed E-state index contributed by atoms with van der Waals surface area (Å²) in [5.74, 6) is -0.616. The molecule has 0 aliphatic carbocycles. The fourth-order valence-corrected chi connectivity index (χ4v) is 3.52. The highest BCUT2D eigenvalue weighted by molar-refractivity contribution is 6.02. The Kier molecular flexibility index (Phi) is 7.35. The SMILES string of the molecule is CCCCN1C(=O)NC(c2ccc(NC(=O)c3ccco3)cc2)C(C(=O)OC(C)C)=C1C. The number of unbranched alkanes of at least 4 members (excludes halogenated alkanes) is 1. The maximum absolute atomic E-state index is 12.9. The maximum Gasteiger partial charge on any atom is 0.338 e. The molecule has 0 radical (unpaired) electrons. The van der Waals surface area contributed by atoms with Crippen molar-refractivity contribution >= 4 is 23.6 Å². The first-order valence-electron chi connectivity index (χ1n) is 10.8. The van der Waals surface area contributed by atoms with Gasteiger partial charge >= 0.3 is 12.0 Å². The Morgan fingerprint density at radius 2 is 1.94 bits per heavy atom. The normalized spacial score (nSPS) is 16.2. The zero-order chi connectivity index (χ0) is 23.3. The second-order valence-corrected chi connectivity index (χ2v) is 7.89. The average molecular weight is 440 g/mol. The highest BCUT2D eigenvalue weighted by Gasteiger charge is 2.36. The van der Waals surface area contributed by atoms with Gasteiger partial charge in [-0.2, -0.15) is 0 Å². The summed E-state index contributed by atoms with van der Waals surface area (Å²) < 4.78 is 10.6. The van der Waals surface area contributed by atoms with Gasteiger partial charge in [-0.3, -0.25) is 9.69 Å². The van der Waals surface area contributed by atoms with Crippen LogP contribution in [0.1, 0.15) is 62.7 Å². The highest BCUT2D eigenvalue weighted by atomic mass is 16.5. The Bertz CT molecular complexity index is 993. The van der Waals surface area contributed by atoms with Crippen LogP contribution in [-0.2, 0) is 9.53 Å². The molecule has 1 aliphatic rings. The molecule has 1 unspecified atom stereocenters. The van der Waals surface area contributed by atoms with Crippen LogP contribution in [0.5, 0.6) is 0 Å². The van der Waals surface area contributed by atoms with Crippen LogP contribution in [0.4, 0.5) is 10.5 Å². The van der Waals surface area contributed by atoms with Gasteiger partial charge in [0.2, 0.25) is 0 Å². The van der Waals surface area contributed by atoms with Gasteiger partial charge in [-0.15, -0.1) is 0 Å². The first kappa shape index (κ1) is 23.1. The van der Waals surface area contributed by atoms with Crippen LogP contribution >= 0.6 is 0 Å². The summed E-state index contributed by atoms with van der Waals surface area (Å²) in [4.78, 5) is 39.5. The number of anilines is 1. The van der Waals surface area contributed by atoms with Crippen molar-refractivity contribution in [2.24, 2.45) is 0 Å². The number of carbonyl (C=O) groups is 3. The number of furan rings is 1. The topological polar surface area (TPSA) is 101 Å². The number of carbonyl (C=O) groups excluding carboxylic acids is 3. The number of ether oxygens (including phenoxy) is 1. The summed E-state index contributed by atoms with van der Waals surface area (Å²) in [6.45, 7) is 7.92. The lowest BCUT2D eigenvalue weighted by molar-refractivity contribution is -0.143. The van der Waals surface area contributed by atoms with Crippen LogP contribution in [-0.4, -0.2) is 35.5 Å². The van der Waals surface area contributed by atoms with Gasteiger partial charge in [0.25, 0.3) is 5.91 Å². The van der Waals surface area contributed by atoms with E-state index in [1.807, 2.05) is 6.92 Å². The number of nitrogens with zero attached hydrogens (tertiary/aromatic N) is 1. The van der Waals surface area contributed by atoms with E-state index in [1.165, 1.54) is 6.26 Å². The number of hydrogen-bond donors (Lipinski definition) is 2. The van der Waals surface area contributed by atoms with Gasteiger partial charge in [0.1, 0.15) is 0 Å². The standard InChI is InChI=1S/C24H29N3O5/c1-5-6-13-27-16(4)20(23(29)32-15(2)3)21(26-24(27)30)17-9-11-18(12-10-17)25-22(28)19-8-7-14-31-19/h7-12,14-15,21H,5-6,13H2,1-4H3,(H,25,28)(H,26,30). The lowest BCUT2D eigenvalue weighted by atomic mass is 9.94. The Hall–Kier alpha value is -3.55. The van der Waals surface area contributed by atoms with Gasteiger partial charge in [0, 0.05) is 17.9 Å². The number of nitrogens with one attached hydrogen (secondary N) is 2. The molecule has 32 heavy (non-hydrogen) atoms. The zero-order valence-electron chi connectivity index (χ0n) is 18.8. The summed E-state index contributed by atoms with van der Waals surface area (Å²) in [5, 5.41) is 5.69. The second kappa shape index (κ2) is 10.2. The predicted octanol–water partition coefficient (Wildman–Crippen LogP) is 4.62. The lowest BCUT2D eigenvalue weighted by Crippen LogP contribution is -2.48. The Morgan fingerprint density at radius 1 is 1.22 bits per heavy atom. The molecule has 0 fully saturated rings. The minimum Gasteiger partial charge on any atom is -0.459 e. The molecule has 2 heterocycles. The van der Waals surface area contributed by atoms with E-state index in [1.54, 1.807) is 62.1 Å². The number of hydrogen-bond acceptors (Lipinski definition) is 5. The molecule has 3 rings (SSSR count). The summed E-state index contributed by atoms with van der Waals surface area (Å²) in [7, 11) is 0. The van der Waals surface area contributed by atoms with Crippen LogP contribution in [0, 0.1) is 0 Å². The Morgan fingerprint density at radius 3 is 2.53 bits per heavy atom. The number of amides is 3. The molecule has 0 saturated heterocycles. The molecule has 1 atom stereocenters. The van der Waals surface area contributed by atoms with E-state index < -0.39 is 12.0 Å². The fourth-order valence-electron chi connectivity index (χ4n) is 3.52. The van der Waals surface area contributed by atoms with Crippen molar-refractivity contribution in [1.82, 2.24) is 10.2 Å². The molecule has 0 spiro atoms. The number of benzene rings is 1. The van der Waals surface area contributed by atoms with Gasteiger partial charge in [-0.25, -0.2) is 9.59 Å². The molecule has 170 valence electrons. The molecule has 3 amide bonds. The van der Waals surface area contributed by atoms with E-state index in [0.717, 1.165) is 12.8 Å². The van der Waals surface area contributed by atoms with Crippen molar-refractivity contribution in [1.29, 1.82) is 0 Å². The van der Waals surface area contributed by atoms with Gasteiger partial charge in [0.05, 0.1) is 24.0 Å². The Balaban J connectivity index is 1.88. The first-order valence-corrected chi connectivity index (χ1v) is 10.8. The molecule has 0 saturated carbocycles. The van der Waals surface area contributed by atoms with E-state index in [4.69, 9.17) is 9.15 Å². The second-order valence-electron chi connectivity index (χ2n) is 7.89. The van der Waals surface area contributed by atoms with Crippen LogP contribution in [0.3, 0.4) is 0 Å². The number of allylic oxidation sites excluding steroid dienone is 1. The molecule has 8 nitrogen and oxygen atoms in total. The third kappa shape index (κ3) is 5.19. The van der Waals surface area contributed by atoms with E-state index in [0.29, 0.717) is 29.1 Å². The molecule has 1 aliphatic heterocycles. The van der Waals surface area contributed by atoms with Crippen molar-refractivity contribution in [3.05, 3.63) is 65.3 Å². The number of urea groups is 1. The van der Waals surface area contributed by atoms with Crippen LogP contribution in [0.25, 0.3) is 0 Å². The minimum absolute atomic E-state index is 0.207. The molecule has 8 heteroatoms. The van der Waals surface area contributed by atoms with Crippen LogP contribution in [0.15, 0.2) is 58.3 Å². The van der Waals surface area contributed by atoms with Crippen LogP contribution < -0.4 is 10.6 Å². The van der Waals surface area contributed by atoms with Crippen LogP contribution in [0.2, 0.25) is 0 Å². The van der Waals surface area contributed by atoms with Gasteiger partial charge in [-0.05, 0) is 57.0 Å². The summed E-state index contributed by atoms with van der Waals surface area (Å²) in [6, 6.07) is 9.27. The number of esters is 1. The largest absolute Gasteiger partial charge is 0.459 e. The smallest absolute Gasteiger partial charge is 0.338 e. The summed E-state index contributed by atoms with van der Waals surface area (Å²) >= 11 is 0. The fraction of sp³-hybridized carbons (Fsp3) is 0.375. The third-order valence-electron chi connectivity index (χ3n) is 5.14.